The average molecular weight is 467 g/mol. The number of carbonyl (C=O) groups excluding carboxylic acids is 3. The van der Waals surface area contributed by atoms with Crippen molar-refractivity contribution in [2.24, 2.45) is 22.7 Å². The minimum Gasteiger partial charge on any atom is -0.462 e. The molecule has 0 aromatic heterocycles. The van der Waals surface area contributed by atoms with Gasteiger partial charge in [0.1, 0.15) is 23.9 Å². The van der Waals surface area contributed by atoms with Crippen LogP contribution in [0.4, 0.5) is 0 Å². The van der Waals surface area contributed by atoms with Gasteiger partial charge in [-0.2, -0.15) is 0 Å². The number of esters is 3. The summed E-state index contributed by atoms with van der Waals surface area (Å²) >= 11 is 0. The number of hydrogen-bond donors (Lipinski definition) is 0. The molecule has 0 N–H and O–H groups in total. The Morgan fingerprint density at radius 1 is 0.909 bits per heavy atom. The molecule has 0 unspecified atom stereocenters. The fourth-order valence-electron chi connectivity index (χ4n) is 7.56. The van der Waals surface area contributed by atoms with Gasteiger partial charge in [0.05, 0.1) is 0 Å². The van der Waals surface area contributed by atoms with Crippen molar-refractivity contribution in [1.82, 2.24) is 0 Å². The van der Waals surface area contributed by atoms with Gasteiger partial charge in [-0.15, -0.1) is 0 Å². The van der Waals surface area contributed by atoms with E-state index in [9.17, 15) is 14.4 Å². The maximum absolute atomic E-state index is 12.1. The van der Waals surface area contributed by atoms with Crippen LogP contribution in [0, 0.1) is 22.7 Å². The zero-order valence-corrected chi connectivity index (χ0v) is 21.6. The van der Waals surface area contributed by atoms with Gasteiger partial charge in [-0.25, -0.2) is 0 Å². The summed E-state index contributed by atoms with van der Waals surface area (Å²) in [4.78, 5) is 35.5. The van der Waals surface area contributed by atoms with E-state index in [1.807, 2.05) is 6.92 Å². The average Bonchev–Trinajstić information content (AvgIpc) is 2.65. The van der Waals surface area contributed by atoms with Gasteiger partial charge in [0, 0.05) is 20.8 Å². The van der Waals surface area contributed by atoms with Gasteiger partial charge in [0.2, 0.25) is 0 Å². The van der Waals surface area contributed by atoms with Gasteiger partial charge < -0.3 is 18.9 Å². The Labute approximate surface area is 198 Å². The molecule has 7 atom stereocenters. The maximum Gasteiger partial charge on any atom is 0.303 e. The van der Waals surface area contributed by atoms with Crippen LogP contribution in [0.15, 0.2) is 0 Å². The molecule has 2 aliphatic carbocycles. The molecule has 0 spiro atoms. The summed E-state index contributed by atoms with van der Waals surface area (Å²) in [6, 6.07) is 0. The number of hydrogen-bond acceptors (Lipinski definition) is 7. The minimum absolute atomic E-state index is 0.0568. The van der Waals surface area contributed by atoms with Gasteiger partial charge in [-0.3, -0.25) is 14.4 Å². The van der Waals surface area contributed by atoms with Crippen molar-refractivity contribution in [3.8, 4) is 0 Å². The minimum atomic E-state index is -0.877. The first-order chi connectivity index (χ1) is 15.1. The van der Waals surface area contributed by atoms with Crippen LogP contribution in [-0.4, -0.2) is 47.9 Å². The van der Waals surface area contributed by atoms with Gasteiger partial charge in [-0.1, -0.05) is 27.2 Å². The Bertz CT molecular complexity index is 792. The molecular weight excluding hydrogens is 424 g/mol. The van der Waals surface area contributed by atoms with E-state index in [0.717, 1.165) is 19.3 Å². The van der Waals surface area contributed by atoms with Crippen LogP contribution in [0.5, 0.6) is 0 Å². The smallest absolute Gasteiger partial charge is 0.303 e. The Balaban J connectivity index is 2.00. The lowest BCUT2D eigenvalue weighted by Crippen LogP contribution is -2.70. The third kappa shape index (κ3) is 4.80. The zero-order chi connectivity index (χ0) is 24.8. The van der Waals surface area contributed by atoms with Crippen LogP contribution < -0.4 is 0 Å². The molecule has 3 aliphatic rings. The van der Waals surface area contributed by atoms with Crippen molar-refractivity contribution in [3.05, 3.63) is 0 Å². The topological polar surface area (TPSA) is 88.1 Å². The Morgan fingerprint density at radius 3 is 2.15 bits per heavy atom. The van der Waals surface area contributed by atoms with Crippen LogP contribution in [0.1, 0.15) is 93.9 Å². The molecule has 3 fully saturated rings. The summed E-state index contributed by atoms with van der Waals surface area (Å²) in [6.45, 7) is 15.1. The van der Waals surface area contributed by atoms with E-state index >= 15 is 0 Å². The second kappa shape index (κ2) is 8.86. The Kier molecular flexibility index (Phi) is 6.98. The van der Waals surface area contributed by atoms with Crippen LogP contribution in [-0.2, 0) is 33.3 Å². The van der Waals surface area contributed by atoms with E-state index in [4.69, 9.17) is 18.9 Å². The van der Waals surface area contributed by atoms with Crippen molar-refractivity contribution in [2.75, 3.05) is 6.61 Å². The summed E-state index contributed by atoms with van der Waals surface area (Å²) in [6.07, 6.45) is 4.56. The van der Waals surface area contributed by atoms with Crippen LogP contribution in [0.25, 0.3) is 0 Å². The fraction of sp³-hybridized carbons (Fsp3) is 0.885. The SMILES string of the molecule is CC(=O)OC[C@H](OC(C)=O)[C@@]1(C)CC[C@@H]2[C@@]3(C)CCCC(C)(C)[C@@H]3C[C@H](OC(C)=O)[C@@]2(C)O1. The molecule has 1 heterocycles. The van der Waals surface area contributed by atoms with Gasteiger partial charge in [0.25, 0.3) is 0 Å². The molecule has 0 aromatic carbocycles. The molecule has 0 amide bonds. The molecule has 188 valence electrons. The van der Waals surface area contributed by atoms with Crippen molar-refractivity contribution in [3.63, 3.8) is 0 Å². The molecule has 0 bridgehead atoms. The van der Waals surface area contributed by atoms with Crippen LogP contribution in [0.3, 0.4) is 0 Å². The van der Waals surface area contributed by atoms with Crippen molar-refractivity contribution >= 4 is 17.9 Å². The molecule has 2 saturated carbocycles. The van der Waals surface area contributed by atoms with E-state index in [1.54, 1.807) is 0 Å². The van der Waals surface area contributed by atoms with E-state index in [2.05, 4.69) is 27.7 Å². The summed E-state index contributed by atoms with van der Waals surface area (Å²) in [5.74, 6) is -0.604. The first kappa shape index (κ1) is 26.0. The lowest BCUT2D eigenvalue weighted by Gasteiger charge is -2.67. The third-order valence-corrected chi connectivity index (χ3v) is 8.97. The highest BCUT2D eigenvalue weighted by atomic mass is 16.6. The molecule has 3 rings (SSSR count). The number of fused-ring (bicyclic) bond motifs is 3. The standard InChI is InChI=1S/C26H42O7/c1-16(27)30-15-22(32-18(3)29)25(7)13-10-19-24(6)12-9-11-23(4,5)20(24)14-21(31-17(2)28)26(19,8)33-25/h19-22H,9-15H2,1-8H3/t19-,20+,21+,22+,24-,25-,26+/m1/s1. The zero-order valence-electron chi connectivity index (χ0n) is 21.6. The summed E-state index contributed by atoms with van der Waals surface area (Å²) in [5, 5.41) is 0. The van der Waals surface area contributed by atoms with Crippen LogP contribution in [0.2, 0.25) is 0 Å². The molecule has 0 aromatic rings. The van der Waals surface area contributed by atoms with Crippen molar-refractivity contribution < 1.29 is 33.3 Å². The largest absolute Gasteiger partial charge is 0.462 e. The first-order valence-electron chi connectivity index (χ1n) is 12.3. The quantitative estimate of drug-likeness (QED) is 0.432. The molecular formula is C26H42O7. The monoisotopic (exact) mass is 466 g/mol. The summed E-state index contributed by atoms with van der Waals surface area (Å²) in [7, 11) is 0. The predicted molar refractivity (Wildman–Crippen MR) is 122 cm³/mol. The van der Waals surface area contributed by atoms with E-state index in [1.165, 1.54) is 33.6 Å². The van der Waals surface area contributed by atoms with Gasteiger partial charge in [0.15, 0.2) is 6.10 Å². The second-order valence-electron chi connectivity index (χ2n) is 11.8. The van der Waals surface area contributed by atoms with Crippen molar-refractivity contribution in [2.45, 2.75) is 117 Å². The number of carbonyl (C=O) groups is 3. The first-order valence-corrected chi connectivity index (χ1v) is 12.3. The Morgan fingerprint density at radius 2 is 1.58 bits per heavy atom. The van der Waals surface area contributed by atoms with E-state index in [0.29, 0.717) is 12.3 Å². The molecule has 33 heavy (non-hydrogen) atoms. The molecule has 1 saturated heterocycles. The molecule has 7 heteroatoms. The van der Waals surface area contributed by atoms with Crippen LogP contribution >= 0.6 is 0 Å². The second-order valence-corrected chi connectivity index (χ2v) is 11.8. The van der Waals surface area contributed by atoms with Gasteiger partial charge >= 0.3 is 17.9 Å². The summed E-state index contributed by atoms with van der Waals surface area (Å²) in [5.41, 5.74) is -1.41. The highest BCUT2D eigenvalue weighted by molar-refractivity contribution is 5.67. The predicted octanol–water partition coefficient (Wildman–Crippen LogP) is 4.59. The fourth-order valence-corrected chi connectivity index (χ4v) is 7.56. The summed E-state index contributed by atoms with van der Waals surface area (Å²) < 4.78 is 23.7. The molecule has 7 nitrogen and oxygen atoms in total. The third-order valence-electron chi connectivity index (χ3n) is 8.97. The number of rotatable bonds is 5. The number of ether oxygens (including phenoxy) is 4. The molecule has 1 aliphatic heterocycles. The maximum atomic E-state index is 12.1. The van der Waals surface area contributed by atoms with Crippen molar-refractivity contribution in [1.29, 1.82) is 0 Å². The lowest BCUT2D eigenvalue weighted by molar-refractivity contribution is -0.320. The highest BCUT2D eigenvalue weighted by Crippen LogP contribution is 2.66. The molecule has 0 radical (unpaired) electrons. The van der Waals surface area contributed by atoms with Gasteiger partial charge in [-0.05, 0) is 68.6 Å². The lowest BCUT2D eigenvalue weighted by atomic mass is 9.43. The normalized spacial score (nSPS) is 40.5. The van der Waals surface area contributed by atoms with E-state index < -0.39 is 35.3 Å². The highest BCUT2D eigenvalue weighted by Gasteiger charge is 2.67. The Hall–Kier alpha value is -1.63. The van der Waals surface area contributed by atoms with E-state index in [-0.39, 0.29) is 29.3 Å².